The van der Waals surface area contributed by atoms with Crippen molar-refractivity contribution < 1.29 is 22.7 Å². The van der Waals surface area contributed by atoms with Gasteiger partial charge in [0.25, 0.3) is 0 Å². The first-order valence-corrected chi connectivity index (χ1v) is 8.92. The molecule has 0 N–H and O–H groups in total. The van der Waals surface area contributed by atoms with Gasteiger partial charge in [0, 0.05) is 25.2 Å². The maximum absolute atomic E-state index is 12.9. The molecular formula is C20H21F3N2O2. The molecule has 1 aromatic heterocycles. The largest absolute Gasteiger partial charge is 0.472 e. The number of carbonyl (C=O) groups is 1. The molecule has 3 rings (SSSR count). The summed E-state index contributed by atoms with van der Waals surface area (Å²) in [6.45, 7) is 2.83. The lowest BCUT2D eigenvalue weighted by Crippen LogP contribution is -2.34. The third kappa shape index (κ3) is 4.59. The minimum absolute atomic E-state index is 0.0202. The van der Waals surface area contributed by atoms with Crippen molar-refractivity contribution in [3.8, 4) is 5.88 Å². The molecule has 0 bridgehead atoms. The molecular weight excluding hydrogens is 357 g/mol. The molecule has 0 saturated carbocycles. The zero-order valence-corrected chi connectivity index (χ0v) is 14.9. The van der Waals surface area contributed by atoms with Gasteiger partial charge in [-0.05, 0) is 18.1 Å². The van der Waals surface area contributed by atoms with Crippen LogP contribution in [-0.2, 0) is 11.0 Å². The Morgan fingerprint density at radius 2 is 2.04 bits per heavy atom. The maximum Gasteiger partial charge on any atom is 0.416 e. The maximum atomic E-state index is 12.9. The summed E-state index contributed by atoms with van der Waals surface area (Å²) >= 11 is 0. The zero-order chi connectivity index (χ0) is 19.4. The monoisotopic (exact) mass is 378 g/mol. The highest BCUT2D eigenvalue weighted by Crippen LogP contribution is 2.31. The lowest BCUT2D eigenvalue weighted by atomic mass is 9.95. The number of likely N-dealkylation sites (tertiary alicyclic amines) is 1. The highest BCUT2D eigenvalue weighted by atomic mass is 19.4. The number of alkyl halides is 3. The molecule has 0 aliphatic carbocycles. The van der Waals surface area contributed by atoms with E-state index in [0.717, 1.165) is 23.9 Å². The lowest BCUT2D eigenvalue weighted by Gasteiger charge is -2.23. The van der Waals surface area contributed by atoms with E-state index in [2.05, 4.69) is 4.98 Å². The van der Waals surface area contributed by atoms with Crippen LogP contribution in [0.5, 0.6) is 5.88 Å². The Morgan fingerprint density at radius 3 is 2.70 bits per heavy atom. The van der Waals surface area contributed by atoms with E-state index in [-0.39, 0.29) is 23.8 Å². The number of aromatic nitrogens is 1. The normalized spacial score (nSPS) is 18.4. The fraction of sp³-hybridized carbons (Fsp3) is 0.400. The third-order valence-electron chi connectivity index (χ3n) is 4.71. The molecule has 1 saturated heterocycles. The van der Waals surface area contributed by atoms with Crippen molar-refractivity contribution in [3.05, 3.63) is 59.8 Å². The molecule has 7 heteroatoms. The van der Waals surface area contributed by atoms with Crippen LogP contribution < -0.4 is 4.74 Å². The molecule has 1 aromatic carbocycles. The first-order valence-electron chi connectivity index (χ1n) is 8.92. The number of rotatable bonds is 5. The van der Waals surface area contributed by atoms with Gasteiger partial charge in [0.05, 0.1) is 18.0 Å². The van der Waals surface area contributed by atoms with Crippen molar-refractivity contribution in [2.24, 2.45) is 0 Å². The van der Waals surface area contributed by atoms with Crippen molar-refractivity contribution in [3.63, 3.8) is 0 Å². The van der Waals surface area contributed by atoms with Crippen LogP contribution in [0.3, 0.4) is 0 Å². The fourth-order valence-electron chi connectivity index (χ4n) is 3.30. The summed E-state index contributed by atoms with van der Waals surface area (Å²) in [5, 5.41) is 0. The van der Waals surface area contributed by atoms with Crippen LogP contribution in [0.15, 0.2) is 48.7 Å². The van der Waals surface area contributed by atoms with Crippen LogP contribution in [0, 0.1) is 0 Å². The molecule has 2 atom stereocenters. The molecule has 1 aliphatic rings. The van der Waals surface area contributed by atoms with Crippen molar-refractivity contribution >= 4 is 5.91 Å². The second kappa shape index (κ2) is 7.98. The van der Waals surface area contributed by atoms with Gasteiger partial charge in [-0.1, -0.05) is 37.3 Å². The Kier molecular flexibility index (Phi) is 5.68. The summed E-state index contributed by atoms with van der Waals surface area (Å²) in [7, 11) is 0. The van der Waals surface area contributed by atoms with Gasteiger partial charge in [-0.15, -0.1) is 0 Å². The topological polar surface area (TPSA) is 42.4 Å². The Labute approximate surface area is 156 Å². The molecule has 0 spiro atoms. The van der Waals surface area contributed by atoms with Crippen molar-refractivity contribution in [2.75, 3.05) is 13.1 Å². The molecule has 4 nitrogen and oxygen atoms in total. The molecule has 0 radical (unpaired) electrons. The van der Waals surface area contributed by atoms with Crippen molar-refractivity contribution in [2.45, 2.75) is 38.0 Å². The van der Waals surface area contributed by atoms with Crippen LogP contribution >= 0.6 is 0 Å². The molecule has 1 amide bonds. The van der Waals surface area contributed by atoms with E-state index in [1.54, 1.807) is 4.90 Å². The Bertz CT molecular complexity index is 780. The van der Waals surface area contributed by atoms with E-state index in [1.807, 2.05) is 37.3 Å². The van der Waals surface area contributed by atoms with Gasteiger partial charge in [0.2, 0.25) is 11.8 Å². The molecule has 1 fully saturated rings. The fourth-order valence-corrected chi connectivity index (χ4v) is 3.30. The van der Waals surface area contributed by atoms with Gasteiger partial charge < -0.3 is 9.64 Å². The molecule has 2 heterocycles. The summed E-state index contributed by atoms with van der Waals surface area (Å²) in [5.41, 5.74) is 0.169. The standard InChI is InChI=1S/C20H21F3N2O2/c1-2-17(14-6-4-3-5-7-14)19(26)25-11-9-16(13-25)27-18-12-15(8-10-24-18)20(21,22)23/h3-8,10,12,16-17H,2,9,11,13H2,1H3. The highest BCUT2D eigenvalue weighted by molar-refractivity contribution is 5.84. The minimum Gasteiger partial charge on any atom is -0.472 e. The van der Waals surface area contributed by atoms with Gasteiger partial charge in [0.15, 0.2) is 0 Å². The number of halogens is 3. The minimum atomic E-state index is -4.44. The van der Waals surface area contributed by atoms with Gasteiger partial charge in [0.1, 0.15) is 6.10 Å². The quantitative estimate of drug-likeness (QED) is 0.780. The van der Waals surface area contributed by atoms with Crippen molar-refractivity contribution in [1.82, 2.24) is 9.88 Å². The third-order valence-corrected chi connectivity index (χ3v) is 4.71. The molecule has 144 valence electrons. The number of benzene rings is 1. The predicted octanol–water partition coefficient (Wildman–Crippen LogP) is 4.27. The molecule has 27 heavy (non-hydrogen) atoms. The van der Waals surface area contributed by atoms with Gasteiger partial charge in [-0.25, -0.2) is 4.98 Å². The lowest BCUT2D eigenvalue weighted by molar-refractivity contribution is -0.137. The number of amides is 1. The first kappa shape index (κ1) is 19.2. The number of carbonyl (C=O) groups excluding carboxylic acids is 1. The van der Waals surface area contributed by atoms with Crippen LogP contribution in [0.4, 0.5) is 13.2 Å². The average molecular weight is 378 g/mol. The van der Waals surface area contributed by atoms with E-state index in [9.17, 15) is 18.0 Å². The summed E-state index contributed by atoms with van der Waals surface area (Å²) in [5.74, 6) is -0.275. The van der Waals surface area contributed by atoms with E-state index in [4.69, 9.17) is 4.74 Å². The van der Waals surface area contributed by atoms with E-state index in [1.165, 1.54) is 0 Å². The van der Waals surface area contributed by atoms with Gasteiger partial charge in [-0.3, -0.25) is 4.79 Å². The summed E-state index contributed by atoms with van der Waals surface area (Å²) in [6, 6.07) is 11.4. The summed E-state index contributed by atoms with van der Waals surface area (Å²) < 4.78 is 44.0. The van der Waals surface area contributed by atoms with E-state index < -0.39 is 11.7 Å². The average Bonchev–Trinajstić information content (AvgIpc) is 3.11. The van der Waals surface area contributed by atoms with Crippen LogP contribution in [0.1, 0.15) is 36.8 Å². The number of hydrogen-bond donors (Lipinski definition) is 0. The first-order chi connectivity index (χ1) is 12.9. The zero-order valence-electron chi connectivity index (χ0n) is 14.9. The Morgan fingerprint density at radius 1 is 1.30 bits per heavy atom. The van der Waals surface area contributed by atoms with Crippen LogP contribution in [0.25, 0.3) is 0 Å². The van der Waals surface area contributed by atoms with Gasteiger partial charge >= 0.3 is 6.18 Å². The van der Waals surface area contributed by atoms with E-state index in [0.29, 0.717) is 25.9 Å². The predicted molar refractivity (Wildman–Crippen MR) is 94.3 cm³/mol. The molecule has 2 aromatic rings. The number of nitrogens with zero attached hydrogens (tertiary/aromatic N) is 2. The van der Waals surface area contributed by atoms with Crippen LogP contribution in [-0.4, -0.2) is 35.0 Å². The molecule has 2 unspecified atom stereocenters. The van der Waals surface area contributed by atoms with Crippen molar-refractivity contribution in [1.29, 1.82) is 0 Å². The number of pyridine rings is 1. The van der Waals surface area contributed by atoms with E-state index >= 15 is 0 Å². The molecule has 1 aliphatic heterocycles. The number of hydrogen-bond acceptors (Lipinski definition) is 3. The Balaban J connectivity index is 1.64. The number of ether oxygens (including phenoxy) is 1. The second-order valence-corrected chi connectivity index (χ2v) is 6.56. The smallest absolute Gasteiger partial charge is 0.416 e. The SMILES string of the molecule is CCC(C(=O)N1CCC(Oc2cc(C(F)(F)F)ccn2)C1)c1ccccc1. The van der Waals surface area contributed by atoms with Gasteiger partial charge in [-0.2, -0.15) is 13.2 Å². The van der Waals surface area contributed by atoms with Crippen LogP contribution in [0.2, 0.25) is 0 Å². The highest BCUT2D eigenvalue weighted by Gasteiger charge is 2.33. The summed E-state index contributed by atoms with van der Waals surface area (Å²) in [4.78, 5) is 18.4. The Hall–Kier alpha value is -2.57. The summed E-state index contributed by atoms with van der Waals surface area (Å²) in [6.07, 6.45) is -2.48. The second-order valence-electron chi connectivity index (χ2n) is 6.56.